The average Bonchev–Trinajstić information content (AvgIpc) is 1.83. The van der Waals surface area contributed by atoms with E-state index in [1.807, 2.05) is 14.1 Å². The minimum Gasteiger partial charge on any atom is -0.358 e. The maximum atomic E-state index is 10.5. The monoisotopic (exact) mass is 131 g/mol. The van der Waals surface area contributed by atoms with Crippen LogP contribution in [0, 0.1) is 0 Å². The molecule has 0 spiro atoms. The van der Waals surface area contributed by atoms with Crippen molar-refractivity contribution in [3.05, 3.63) is 0 Å². The van der Waals surface area contributed by atoms with Crippen LogP contribution in [-0.4, -0.2) is 38.6 Å². The second-order valence-electron chi connectivity index (χ2n) is 1.90. The van der Waals surface area contributed by atoms with Crippen LogP contribution >= 0.6 is 0 Å². The molecule has 0 saturated carbocycles. The third-order valence-corrected chi connectivity index (χ3v) is 0.835. The van der Waals surface area contributed by atoms with Gasteiger partial charge in [0.2, 0.25) is 5.91 Å². The molecule has 0 atom stereocenters. The van der Waals surface area contributed by atoms with Crippen LogP contribution in [0.25, 0.3) is 0 Å². The van der Waals surface area contributed by atoms with Crippen molar-refractivity contribution in [2.24, 2.45) is 0 Å². The van der Waals surface area contributed by atoms with Crippen LogP contribution in [0.5, 0.6) is 0 Å². The highest BCUT2D eigenvalue weighted by molar-refractivity contribution is 5.77. The quantitative estimate of drug-likeness (QED) is 0.473. The standard InChI is InChI=1S/C5H13N3O/c1-6-5(9)4-7-8(2)3/h7H,4H2,1-3H3,(H,6,9). The topological polar surface area (TPSA) is 44.4 Å². The highest BCUT2D eigenvalue weighted by Gasteiger charge is 1.94. The second kappa shape index (κ2) is 4.29. The van der Waals surface area contributed by atoms with E-state index in [1.54, 1.807) is 12.1 Å². The van der Waals surface area contributed by atoms with E-state index in [4.69, 9.17) is 0 Å². The molecule has 0 rings (SSSR count). The van der Waals surface area contributed by atoms with Gasteiger partial charge in [-0.25, -0.2) is 5.43 Å². The molecule has 0 unspecified atom stereocenters. The van der Waals surface area contributed by atoms with Gasteiger partial charge in [0, 0.05) is 21.1 Å². The molecule has 0 heterocycles. The summed E-state index contributed by atoms with van der Waals surface area (Å²) >= 11 is 0. The van der Waals surface area contributed by atoms with Crippen LogP contribution < -0.4 is 10.7 Å². The predicted octanol–water partition coefficient (Wildman–Crippen LogP) is -1.20. The number of hydrogen-bond donors (Lipinski definition) is 2. The Labute approximate surface area is 55.2 Å². The van der Waals surface area contributed by atoms with Gasteiger partial charge in [-0.2, -0.15) is 0 Å². The lowest BCUT2D eigenvalue weighted by Crippen LogP contribution is -2.38. The molecular weight excluding hydrogens is 118 g/mol. The Hall–Kier alpha value is -0.610. The van der Waals surface area contributed by atoms with Gasteiger partial charge < -0.3 is 5.32 Å². The molecule has 0 fully saturated rings. The maximum absolute atomic E-state index is 10.5. The van der Waals surface area contributed by atoms with Crippen LogP contribution in [0.15, 0.2) is 0 Å². The van der Waals surface area contributed by atoms with Crippen LogP contribution in [0.4, 0.5) is 0 Å². The summed E-state index contributed by atoms with van der Waals surface area (Å²) in [6.45, 7) is 0.337. The Balaban J connectivity index is 3.17. The Kier molecular flexibility index (Phi) is 4.00. The van der Waals surface area contributed by atoms with Crippen molar-refractivity contribution in [3.8, 4) is 0 Å². The fourth-order valence-electron chi connectivity index (χ4n) is 0.318. The summed E-state index contributed by atoms with van der Waals surface area (Å²) in [6, 6.07) is 0. The van der Waals surface area contributed by atoms with Gasteiger partial charge in [-0.3, -0.25) is 9.80 Å². The zero-order chi connectivity index (χ0) is 7.28. The summed E-state index contributed by atoms with van der Waals surface area (Å²) in [5.41, 5.74) is 2.82. The highest BCUT2D eigenvalue weighted by atomic mass is 16.1. The van der Waals surface area contributed by atoms with E-state index in [0.717, 1.165) is 0 Å². The first kappa shape index (κ1) is 8.39. The minimum absolute atomic E-state index is 0.0105. The predicted molar refractivity (Wildman–Crippen MR) is 35.8 cm³/mol. The molecule has 0 aliphatic rings. The van der Waals surface area contributed by atoms with Crippen molar-refractivity contribution in [1.29, 1.82) is 0 Å². The first-order valence-electron chi connectivity index (χ1n) is 2.78. The fourth-order valence-corrected chi connectivity index (χ4v) is 0.318. The van der Waals surface area contributed by atoms with E-state index in [1.165, 1.54) is 0 Å². The largest absolute Gasteiger partial charge is 0.358 e. The lowest BCUT2D eigenvalue weighted by Gasteiger charge is -2.09. The maximum Gasteiger partial charge on any atom is 0.235 e. The molecule has 0 aliphatic heterocycles. The van der Waals surface area contributed by atoms with E-state index in [2.05, 4.69) is 10.7 Å². The number of rotatable bonds is 3. The summed E-state index contributed by atoms with van der Waals surface area (Å²) < 4.78 is 0. The third-order valence-electron chi connectivity index (χ3n) is 0.835. The van der Waals surface area contributed by atoms with E-state index in [9.17, 15) is 4.79 Å². The van der Waals surface area contributed by atoms with Gasteiger partial charge >= 0.3 is 0 Å². The molecule has 4 heteroatoms. The van der Waals surface area contributed by atoms with Gasteiger partial charge in [0.1, 0.15) is 0 Å². The van der Waals surface area contributed by atoms with Crippen molar-refractivity contribution >= 4 is 5.91 Å². The molecule has 9 heavy (non-hydrogen) atoms. The zero-order valence-electron chi connectivity index (χ0n) is 6.06. The number of carbonyl (C=O) groups is 1. The van der Waals surface area contributed by atoms with Gasteiger partial charge in [0.05, 0.1) is 6.54 Å². The van der Waals surface area contributed by atoms with Gasteiger partial charge in [-0.05, 0) is 0 Å². The van der Waals surface area contributed by atoms with Crippen molar-refractivity contribution in [2.45, 2.75) is 0 Å². The van der Waals surface area contributed by atoms with E-state index >= 15 is 0 Å². The van der Waals surface area contributed by atoms with E-state index in [0.29, 0.717) is 6.54 Å². The number of likely N-dealkylation sites (N-methyl/N-ethyl adjacent to an activating group) is 1. The smallest absolute Gasteiger partial charge is 0.235 e. The molecule has 0 aliphatic carbocycles. The first-order chi connectivity index (χ1) is 4.16. The van der Waals surface area contributed by atoms with Gasteiger partial charge in [0.25, 0.3) is 0 Å². The van der Waals surface area contributed by atoms with Crippen molar-refractivity contribution < 1.29 is 4.79 Å². The lowest BCUT2D eigenvalue weighted by atomic mass is 10.6. The van der Waals surface area contributed by atoms with Crippen molar-refractivity contribution in [1.82, 2.24) is 15.8 Å². The lowest BCUT2D eigenvalue weighted by molar-refractivity contribution is -0.120. The molecule has 0 radical (unpaired) electrons. The molecular formula is C5H13N3O. The summed E-state index contributed by atoms with van der Waals surface area (Å²) in [7, 11) is 5.28. The first-order valence-corrected chi connectivity index (χ1v) is 2.78. The summed E-state index contributed by atoms with van der Waals surface area (Å²) in [5.74, 6) is -0.0105. The molecule has 54 valence electrons. The van der Waals surface area contributed by atoms with E-state index < -0.39 is 0 Å². The molecule has 4 nitrogen and oxygen atoms in total. The Morgan fingerprint density at radius 3 is 2.44 bits per heavy atom. The van der Waals surface area contributed by atoms with Gasteiger partial charge in [0.15, 0.2) is 0 Å². The summed E-state index contributed by atoms with van der Waals surface area (Å²) in [4.78, 5) is 10.5. The Morgan fingerprint density at radius 1 is 1.56 bits per heavy atom. The van der Waals surface area contributed by atoms with Crippen LogP contribution in [-0.2, 0) is 4.79 Å². The minimum atomic E-state index is -0.0105. The SMILES string of the molecule is CNC(=O)CNN(C)C. The molecule has 0 bridgehead atoms. The van der Waals surface area contributed by atoms with Crippen molar-refractivity contribution in [2.75, 3.05) is 27.7 Å². The zero-order valence-corrected chi connectivity index (χ0v) is 6.06. The highest BCUT2D eigenvalue weighted by Crippen LogP contribution is 1.62. The Bertz CT molecular complexity index is 92.2. The average molecular weight is 131 g/mol. The van der Waals surface area contributed by atoms with Crippen molar-refractivity contribution in [3.63, 3.8) is 0 Å². The number of nitrogens with one attached hydrogen (secondary N) is 2. The second-order valence-corrected chi connectivity index (χ2v) is 1.90. The number of hydrogen-bond acceptors (Lipinski definition) is 3. The van der Waals surface area contributed by atoms with E-state index in [-0.39, 0.29) is 5.91 Å². The Morgan fingerprint density at radius 2 is 2.11 bits per heavy atom. The van der Waals surface area contributed by atoms with Crippen LogP contribution in [0.1, 0.15) is 0 Å². The molecule has 0 aromatic heterocycles. The fraction of sp³-hybridized carbons (Fsp3) is 0.800. The molecule has 0 aromatic rings. The number of amides is 1. The number of carbonyl (C=O) groups excluding carboxylic acids is 1. The molecule has 2 N–H and O–H groups in total. The number of hydrazine groups is 1. The van der Waals surface area contributed by atoms with Gasteiger partial charge in [-0.1, -0.05) is 0 Å². The summed E-state index contributed by atoms with van der Waals surface area (Å²) in [5, 5.41) is 4.22. The molecule has 0 aromatic carbocycles. The summed E-state index contributed by atoms with van der Waals surface area (Å²) in [6.07, 6.45) is 0. The van der Waals surface area contributed by atoms with Crippen LogP contribution in [0.3, 0.4) is 0 Å². The van der Waals surface area contributed by atoms with Crippen LogP contribution in [0.2, 0.25) is 0 Å². The third kappa shape index (κ3) is 5.26. The normalized spacial score (nSPS) is 9.78. The number of nitrogens with zero attached hydrogens (tertiary/aromatic N) is 1. The molecule has 1 amide bonds. The molecule has 0 saturated heterocycles. The van der Waals surface area contributed by atoms with Gasteiger partial charge in [-0.15, -0.1) is 0 Å².